The van der Waals surface area contributed by atoms with Crippen LogP contribution in [0.2, 0.25) is 0 Å². The summed E-state index contributed by atoms with van der Waals surface area (Å²) in [7, 11) is 6.56. The summed E-state index contributed by atoms with van der Waals surface area (Å²) in [6.07, 6.45) is 1.97. The van der Waals surface area contributed by atoms with Crippen LogP contribution < -0.4 is 0 Å². The molecule has 0 aliphatic carbocycles. The summed E-state index contributed by atoms with van der Waals surface area (Å²) in [5.74, 6) is -0.982. The Labute approximate surface area is 85.2 Å². The molecule has 4 nitrogen and oxygen atoms in total. The third kappa shape index (κ3) is 3.20. The number of rotatable bonds is 4. The van der Waals surface area contributed by atoms with E-state index in [0.29, 0.717) is 6.42 Å². The van der Waals surface area contributed by atoms with E-state index in [-0.39, 0.29) is 11.8 Å². The van der Waals surface area contributed by atoms with Gasteiger partial charge in [0, 0.05) is 28.2 Å². The molecule has 0 saturated heterocycles. The third-order valence-corrected chi connectivity index (χ3v) is 1.88. The first-order chi connectivity index (χ1) is 6.41. The van der Waals surface area contributed by atoms with E-state index in [1.165, 1.54) is 9.80 Å². The standard InChI is InChI=1S/C10H18N2O2/c1-6-7-8(9(13)11(2)3)10(14)12(4)5/h6,8H,1,7H2,2-5H3. The highest BCUT2D eigenvalue weighted by Crippen LogP contribution is 2.09. The number of carbonyl (C=O) groups excluding carboxylic acids is 2. The fraction of sp³-hybridized carbons (Fsp3) is 0.600. The topological polar surface area (TPSA) is 40.6 Å². The van der Waals surface area contributed by atoms with E-state index in [1.807, 2.05) is 0 Å². The molecule has 0 aliphatic heterocycles. The Morgan fingerprint density at radius 1 is 1.14 bits per heavy atom. The SMILES string of the molecule is C=CCC(C(=O)N(C)C)C(=O)N(C)C. The zero-order valence-corrected chi connectivity index (χ0v) is 9.28. The molecule has 0 aliphatic rings. The normalized spacial score (nSPS) is 9.79. The van der Waals surface area contributed by atoms with Gasteiger partial charge in [-0.25, -0.2) is 0 Å². The summed E-state index contributed by atoms with van der Waals surface area (Å²) in [6, 6.07) is 0. The third-order valence-electron chi connectivity index (χ3n) is 1.88. The van der Waals surface area contributed by atoms with Crippen molar-refractivity contribution in [2.24, 2.45) is 5.92 Å². The van der Waals surface area contributed by atoms with Gasteiger partial charge < -0.3 is 9.80 Å². The lowest BCUT2D eigenvalue weighted by atomic mass is 10.0. The Balaban J connectivity index is 4.67. The average molecular weight is 198 g/mol. The predicted molar refractivity (Wildman–Crippen MR) is 55.7 cm³/mol. The van der Waals surface area contributed by atoms with Crippen LogP contribution in [0.5, 0.6) is 0 Å². The van der Waals surface area contributed by atoms with E-state index in [4.69, 9.17) is 0 Å². The smallest absolute Gasteiger partial charge is 0.234 e. The van der Waals surface area contributed by atoms with Crippen LogP contribution in [0.1, 0.15) is 6.42 Å². The molecule has 0 rings (SSSR count). The lowest BCUT2D eigenvalue weighted by molar-refractivity contribution is -0.144. The van der Waals surface area contributed by atoms with Gasteiger partial charge >= 0.3 is 0 Å². The van der Waals surface area contributed by atoms with Gasteiger partial charge in [-0.1, -0.05) is 6.08 Å². The minimum atomic E-state index is -0.627. The molecule has 0 spiro atoms. The fourth-order valence-corrected chi connectivity index (χ4v) is 1.10. The Hall–Kier alpha value is -1.32. The summed E-state index contributed by atoms with van der Waals surface area (Å²) in [4.78, 5) is 26.1. The van der Waals surface area contributed by atoms with Crippen molar-refractivity contribution in [1.82, 2.24) is 9.80 Å². The number of amides is 2. The van der Waals surface area contributed by atoms with Crippen LogP contribution in [0, 0.1) is 5.92 Å². The van der Waals surface area contributed by atoms with Crippen molar-refractivity contribution in [2.75, 3.05) is 28.2 Å². The first-order valence-electron chi connectivity index (χ1n) is 4.45. The molecule has 80 valence electrons. The Bertz CT molecular complexity index is 214. The predicted octanol–water partition coefficient (Wildman–Crippen LogP) is 0.355. The first kappa shape index (κ1) is 12.7. The minimum absolute atomic E-state index is 0.177. The molecule has 0 heterocycles. The molecule has 0 radical (unpaired) electrons. The largest absolute Gasteiger partial charge is 0.348 e. The Morgan fingerprint density at radius 2 is 1.50 bits per heavy atom. The number of allylic oxidation sites excluding steroid dienone is 1. The number of hydrogen-bond donors (Lipinski definition) is 0. The van der Waals surface area contributed by atoms with Gasteiger partial charge in [0.15, 0.2) is 0 Å². The molecule has 0 aromatic carbocycles. The van der Waals surface area contributed by atoms with Crippen molar-refractivity contribution in [3.8, 4) is 0 Å². The molecule has 4 heteroatoms. The van der Waals surface area contributed by atoms with Gasteiger partial charge in [0.05, 0.1) is 0 Å². The maximum absolute atomic E-state index is 11.6. The van der Waals surface area contributed by atoms with E-state index >= 15 is 0 Å². The van der Waals surface area contributed by atoms with E-state index in [1.54, 1.807) is 34.3 Å². The fourth-order valence-electron chi connectivity index (χ4n) is 1.10. The summed E-state index contributed by atoms with van der Waals surface area (Å²) in [5, 5.41) is 0. The highest BCUT2D eigenvalue weighted by molar-refractivity contribution is 6.00. The summed E-state index contributed by atoms with van der Waals surface area (Å²) in [6.45, 7) is 3.54. The lowest BCUT2D eigenvalue weighted by Crippen LogP contribution is -2.40. The van der Waals surface area contributed by atoms with Crippen LogP contribution in [0.15, 0.2) is 12.7 Å². The van der Waals surface area contributed by atoms with Crippen molar-refractivity contribution in [1.29, 1.82) is 0 Å². The summed E-state index contributed by atoms with van der Waals surface area (Å²) in [5.41, 5.74) is 0. The molecule has 14 heavy (non-hydrogen) atoms. The molecule has 0 atom stereocenters. The quantitative estimate of drug-likeness (QED) is 0.483. The van der Waals surface area contributed by atoms with Crippen LogP contribution in [0.4, 0.5) is 0 Å². The van der Waals surface area contributed by atoms with Crippen LogP contribution in [-0.4, -0.2) is 49.8 Å². The van der Waals surface area contributed by atoms with Crippen molar-refractivity contribution in [2.45, 2.75) is 6.42 Å². The van der Waals surface area contributed by atoms with Gasteiger partial charge in [0.25, 0.3) is 0 Å². The zero-order valence-electron chi connectivity index (χ0n) is 9.28. The van der Waals surface area contributed by atoms with Crippen LogP contribution in [0.3, 0.4) is 0 Å². The van der Waals surface area contributed by atoms with Crippen molar-refractivity contribution in [3.63, 3.8) is 0 Å². The minimum Gasteiger partial charge on any atom is -0.348 e. The highest BCUT2D eigenvalue weighted by atomic mass is 16.2. The number of carbonyl (C=O) groups is 2. The van der Waals surface area contributed by atoms with E-state index < -0.39 is 5.92 Å². The Morgan fingerprint density at radius 3 is 1.71 bits per heavy atom. The van der Waals surface area contributed by atoms with Gasteiger partial charge in [-0.15, -0.1) is 6.58 Å². The maximum atomic E-state index is 11.6. The van der Waals surface area contributed by atoms with Crippen molar-refractivity contribution >= 4 is 11.8 Å². The van der Waals surface area contributed by atoms with Crippen LogP contribution >= 0.6 is 0 Å². The number of nitrogens with zero attached hydrogens (tertiary/aromatic N) is 2. The lowest BCUT2D eigenvalue weighted by Gasteiger charge is -2.21. The molecule has 0 unspecified atom stereocenters. The second kappa shape index (κ2) is 5.42. The van der Waals surface area contributed by atoms with Crippen LogP contribution in [0.25, 0.3) is 0 Å². The zero-order chi connectivity index (χ0) is 11.3. The van der Waals surface area contributed by atoms with Gasteiger partial charge in [-0.3, -0.25) is 9.59 Å². The summed E-state index contributed by atoms with van der Waals surface area (Å²) < 4.78 is 0. The van der Waals surface area contributed by atoms with E-state index in [9.17, 15) is 9.59 Å². The van der Waals surface area contributed by atoms with Gasteiger partial charge in [-0.2, -0.15) is 0 Å². The molecule has 0 aromatic rings. The van der Waals surface area contributed by atoms with Crippen LogP contribution in [-0.2, 0) is 9.59 Å². The second-order valence-corrected chi connectivity index (χ2v) is 3.54. The molecular formula is C10H18N2O2. The molecule has 0 N–H and O–H groups in total. The second-order valence-electron chi connectivity index (χ2n) is 3.54. The average Bonchev–Trinajstić information content (AvgIpc) is 2.11. The van der Waals surface area contributed by atoms with Crippen molar-refractivity contribution < 1.29 is 9.59 Å². The van der Waals surface area contributed by atoms with Gasteiger partial charge in [0.1, 0.15) is 5.92 Å². The maximum Gasteiger partial charge on any atom is 0.234 e. The summed E-state index contributed by atoms with van der Waals surface area (Å²) >= 11 is 0. The molecule has 0 fully saturated rings. The van der Waals surface area contributed by atoms with E-state index in [2.05, 4.69) is 6.58 Å². The molecular weight excluding hydrogens is 180 g/mol. The monoisotopic (exact) mass is 198 g/mol. The molecule has 0 aromatic heterocycles. The highest BCUT2D eigenvalue weighted by Gasteiger charge is 2.27. The van der Waals surface area contributed by atoms with E-state index in [0.717, 1.165) is 0 Å². The van der Waals surface area contributed by atoms with Gasteiger partial charge in [-0.05, 0) is 6.42 Å². The van der Waals surface area contributed by atoms with Crippen molar-refractivity contribution in [3.05, 3.63) is 12.7 Å². The molecule has 2 amide bonds. The number of hydrogen-bond acceptors (Lipinski definition) is 2. The molecule has 0 saturated carbocycles. The molecule has 0 bridgehead atoms. The first-order valence-corrected chi connectivity index (χ1v) is 4.45. The Kier molecular flexibility index (Phi) is 4.91. The van der Waals surface area contributed by atoms with Gasteiger partial charge in [0.2, 0.25) is 11.8 Å².